The molecule has 0 aromatic carbocycles. The molecule has 0 saturated heterocycles. The van der Waals surface area contributed by atoms with Crippen LogP contribution in [0.1, 0.15) is 43.2 Å². The van der Waals surface area contributed by atoms with E-state index in [1.807, 2.05) is 6.92 Å². The van der Waals surface area contributed by atoms with Crippen molar-refractivity contribution in [3.8, 4) is 0 Å². The summed E-state index contributed by atoms with van der Waals surface area (Å²) < 4.78 is 5.07. The molecule has 2 heterocycles. The second kappa shape index (κ2) is 6.44. The van der Waals surface area contributed by atoms with E-state index in [0.717, 1.165) is 11.1 Å². The lowest BCUT2D eigenvalue weighted by molar-refractivity contribution is 0.0682. The van der Waals surface area contributed by atoms with E-state index < -0.39 is 0 Å². The van der Waals surface area contributed by atoms with Gasteiger partial charge in [0.2, 0.25) is 0 Å². The van der Waals surface area contributed by atoms with Gasteiger partial charge in [0.25, 0.3) is 11.6 Å². The molecule has 1 amide bonds. The zero-order chi connectivity index (χ0) is 16.3. The Morgan fingerprint density at radius 1 is 1.41 bits per heavy atom. The number of pyridine rings is 1. The van der Waals surface area contributed by atoms with Gasteiger partial charge in [0, 0.05) is 25.9 Å². The molecule has 2 rings (SSSR count). The largest absolute Gasteiger partial charge is 0.396 e. The summed E-state index contributed by atoms with van der Waals surface area (Å²) >= 11 is 0. The number of hydrogen-bond acceptors (Lipinski definition) is 5. The first-order valence-electron chi connectivity index (χ1n) is 7.44. The van der Waals surface area contributed by atoms with E-state index in [-0.39, 0.29) is 17.9 Å². The predicted octanol–water partition coefficient (Wildman–Crippen LogP) is 2.40. The Kier molecular flexibility index (Phi) is 4.81. The Bertz CT molecular complexity index is 658. The lowest BCUT2D eigenvalue weighted by atomic mass is 9.95. The zero-order valence-corrected chi connectivity index (χ0v) is 13.6. The number of hydrogen-bond donors (Lipinski definition) is 1. The molecule has 6 nitrogen and oxygen atoms in total. The normalized spacial score (nSPS) is 11.9. The minimum Gasteiger partial charge on any atom is -0.396 e. The van der Waals surface area contributed by atoms with Crippen molar-refractivity contribution < 1.29 is 14.4 Å². The predicted molar refractivity (Wildman–Crippen MR) is 83.6 cm³/mol. The molecular weight excluding hydrogens is 282 g/mol. The van der Waals surface area contributed by atoms with Crippen LogP contribution in [0.25, 0.3) is 11.1 Å². The van der Waals surface area contributed by atoms with Crippen LogP contribution in [-0.2, 0) is 0 Å². The highest BCUT2D eigenvalue weighted by molar-refractivity contribution is 5.97. The van der Waals surface area contributed by atoms with Gasteiger partial charge in [-0.3, -0.25) is 4.79 Å². The molecular formula is C16H23N3O3. The molecule has 0 saturated carbocycles. The van der Waals surface area contributed by atoms with E-state index in [1.54, 1.807) is 11.0 Å². The maximum atomic E-state index is 12.8. The molecule has 0 aliphatic heterocycles. The van der Waals surface area contributed by atoms with Gasteiger partial charge in [-0.1, -0.05) is 25.9 Å². The van der Waals surface area contributed by atoms with Gasteiger partial charge in [-0.05, 0) is 24.8 Å². The summed E-state index contributed by atoms with van der Waals surface area (Å²) in [6.07, 6.45) is 2.08. The van der Waals surface area contributed by atoms with Crippen molar-refractivity contribution in [2.75, 3.05) is 19.7 Å². The summed E-state index contributed by atoms with van der Waals surface area (Å²) in [6, 6.07) is 1.77. The smallest absolute Gasteiger partial charge is 0.257 e. The van der Waals surface area contributed by atoms with E-state index in [9.17, 15) is 4.79 Å². The first kappa shape index (κ1) is 16.4. The number of fused-ring (bicyclic) bond motifs is 1. The summed E-state index contributed by atoms with van der Waals surface area (Å²) in [5.41, 5.74) is 1.65. The fourth-order valence-corrected chi connectivity index (χ4v) is 2.33. The van der Waals surface area contributed by atoms with Crippen LogP contribution in [0.4, 0.5) is 0 Å². The molecule has 2 aromatic rings. The summed E-state index contributed by atoms with van der Waals surface area (Å²) in [4.78, 5) is 18.7. The van der Waals surface area contributed by atoms with Crippen molar-refractivity contribution in [2.24, 2.45) is 5.41 Å². The van der Waals surface area contributed by atoms with Gasteiger partial charge in [0.15, 0.2) is 0 Å². The van der Waals surface area contributed by atoms with Crippen LogP contribution in [0.3, 0.4) is 0 Å². The van der Waals surface area contributed by atoms with E-state index in [2.05, 4.69) is 30.9 Å². The van der Waals surface area contributed by atoms with E-state index in [4.69, 9.17) is 9.63 Å². The minimum atomic E-state index is -0.0848. The van der Waals surface area contributed by atoms with Crippen LogP contribution in [0.15, 0.2) is 16.8 Å². The number of rotatable bonds is 5. The maximum Gasteiger partial charge on any atom is 0.257 e. The fraction of sp³-hybridized carbons (Fsp3) is 0.562. The van der Waals surface area contributed by atoms with Gasteiger partial charge in [-0.15, -0.1) is 0 Å². The first-order chi connectivity index (χ1) is 10.3. The maximum absolute atomic E-state index is 12.8. The average molecular weight is 305 g/mol. The summed E-state index contributed by atoms with van der Waals surface area (Å²) in [5, 5.41) is 13.7. The second-order valence-electron chi connectivity index (χ2n) is 6.71. The van der Waals surface area contributed by atoms with Gasteiger partial charge >= 0.3 is 0 Å². The highest BCUT2D eigenvalue weighted by atomic mass is 16.5. The zero-order valence-electron chi connectivity index (χ0n) is 13.6. The molecule has 120 valence electrons. The molecule has 2 aromatic heterocycles. The van der Waals surface area contributed by atoms with Gasteiger partial charge in [-0.25, -0.2) is 4.98 Å². The van der Waals surface area contributed by atoms with Gasteiger partial charge in [-0.2, -0.15) is 0 Å². The van der Waals surface area contributed by atoms with Crippen LogP contribution in [0.2, 0.25) is 0 Å². The Balaban J connectivity index is 2.28. The molecule has 0 atom stereocenters. The van der Waals surface area contributed by atoms with Crippen LogP contribution in [0, 0.1) is 12.3 Å². The van der Waals surface area contributed by atoms with Crippen molar-refractivity contribution in [3.05, 3.63) is 23.5 Å². The molecule has 22 heavy (non-hydrogen) atoms. The van der Waals surface area contributed by atoms with Crippen molar-refractivity contribution in [1.82, 2.24) is 15.0 Å². The average Bonchev–Trinajstić information content (AvgIpc) is 2.82. The summed E-state index contributed by atoms with van der Waals surface area (Å²) in [6.45, 7) is 9.27. The molecule has 0 aliphatic carbocycles. The van der Waals surface area contributed by atoms with Crippen LogP contribution < -0.4 is 0 Å². The van der Waals surface area contributed by atoms with Crippen LogP contribution in [0.5, 0.6) is 0 Å². The molecule has 0 spiro atoms. The standard InChI is InChI=1S/C16H23N3O3/c1-11-13-8-12(9-17-14(13)22-18-11)15(21)19(6-5-7-20)10-16(2,3)4/h8-9,20H,5-7,10H2,1-4H3. The molecule has 0 unspecified atom stereocenters. The van der Waals surface area contributed by atoms with Crippen molar-refractivity contribution in [1.29, 1.82) is 0 Å². The van der Waals surface area contributed by atoms with Crippen molar-refractivity contribution in [2.45, 2.75) is 34.1 Å². The lowest BCUT2D eigenvalue weighted by Crippen LogP contribution is -2.38. The van der Waals surface area contributed by atoms with E-state index in [1.165, 1.54) is 6.20 Å². The number of amides is 1. The Labute approximate surface area is 130 Å². The quantitative estimate of drug-likeness (QED) is 0.917. The van der Waals surface area contributed by atoms with Crippen LogP contribution in [-0.4, -0.2) is 45.8 Å². The molecule has 0 bridgehead atoms. The Morgan fingerprint density at radius 2 is 2.14 bits per heavy atom. The Hall–Kier alpha value is -1.95. The molecule has 0 aliphatic rings. The number of nitrogens with zero attached hydrogens (tertiary/aromatic N) is 3. The number of aryl methyl sites for hydroxylation is 1. The van der Waals surface area contributed by atoms with Crippen molar-refractivity contribution >= 4 is 17.0 Å². The highest BCUT2D eigenvalue weighted by Crippen LogP contribution is 2.20. The third kappa shape index (κ3) is 3.82. The topological polar surface area (TPSA) is 79.5 Å². The van der Waals surface area contributed by atoms with Gasteiger partial charge in [0.1, 0.15) is 0 Å². The molecule has 0 fully saturated rings. The van der Waals surface area contributed by atoms with Gasteiger partial charge < -0.3 is 14.5 Å². The SMILES string of the molecule is Cc1noc2ncc(C(=O)N(CCCO)CC(C)(C)C)cc12. The first-order valence-corrected chi connectivity index (χ1v) is 7.44. The fourth-order valence-electron chi connectivity index (χ4n) is 2.33. The van der Waals surface area contributed by atoms with Gasteiger partial charge in [0.05, 0.1) is 16.6 Å². The molecule has 6 heteroatoms. The van der Waals surface area contributed by atoms with Crippen molar-refractivity contribution in [3.63, 3.8) is 0 Å². The Morgan fingerprint density at radius 3 is 2.77 bits per heavy atom. The lowest BCUT2D eigenvalue weighted by Gasteiger charge is -2.30. The van der Waals surface area contributed by atoms with E-state index in [0.29, 0.717) is 30.8 Å². The summed E-state index contributed by atoms with van der Waals surface area (Å²) in [5.74, 6) is -0.0848. The second-order valence-corrected chi connectivity index (χ2v) is 6.71. The highest BCUT2D eigenvalue weighted by Gasteiger charge is 2.23. The third-order valence-electron chi connectivity index (χ3n) is 3.30. The number of carbonyl (C=O) groups is 1. The minimum absolute atomic E-state index is 0.0181. The number of aromatic nitrogens is 2. The molecule has 0 radical (unpaired) electrons. The van der Waals surface area contributed by atoms with Crippen LogP contribution >= 0.6 is 0 Å². The summed E-state index contributed by atoms with van der Waals surface area (Å²) in [7, 11) is 0. The molecule has 1 N–H and O–H groups in total. The third-order valence-corrected chi connectivity index (χ3v) is 3.30. The monoisotopic (exact) mass is 305 g/mol. The van der Waals surface area contributed by atoms with E-state index >= 15 is 0 Å². The number of aliphatic hydroxyl groups excluding tert-OH is 1. The number of carbonyl (C=O) groups excluding carboxylic acids is 1. The number of aliphatic hydroxyl groups is 1.